The van der Waals surface area contributed by atoms with Crippen LogP contribution in [0.1, 0.15) is 23.1 Å². The fourth-order valence-corrected chi connectivity index (χ4v) is 4.99. The van der Waals surface area contributed by atoms with Crippen LogP contribution in [0.15, 0.2) is 91.0 Å². The molecule has 184 valence electrons. The molecule has 0 radical (unpaired) electrons. The lowest BCUT2D eigenvalue weighted by molar-refractivity contribution is -0.141. The quantitative estimate of drug-likeness (QED) is 0.276. The van der Waals surface area contributed by atoms with Crippen LogP contribution in [-0.2, 0) is 29.0 Å². The average molecular weight is 519 g/mol. The lowest BCUT2D eigenvalue weighted by atomic mass is 9.99. The first-order valence-corrected chi connectivity index (χ1v) is 12.7. The summed E-state index contributed by atoms with van der Waals surface area (Å²) in [5.74, 6) is -0.371. The van der Waals surface area contributed by atoms with Crippen molar-refractivity contribution in [3.8, 4) is 0 Å². The first-order valence-electron chi connectivity index (χ1n) is 11.9. The van der Waals surface area contributed by atoms with Crippen LogP contribution >= 0.6 is 23.2 Å². The predicted octanol–water partition coefficient (Wildman–Crippen LogP) is 6.47. The van der Waals surface area contributed by atoms with Crippen LogP contribution in [-0.4, -0.2) is 29.8 Å². The zero-order chi connectivity index (χ0) is 25.5. The van der Waals surface area contributed by atoms with Gasteiger partial charge in [-0.15, -0.1) is 0 Å². The molecule has 2 amide bonds. The lowest BCUT2D eigenvalue weighted by Gasteiger charge is -2.32. The summed E-state index contributed by atoms with van der Waals surface area (Å²) < 4.78 is 0. The molecular weight excluding hydrogens is 491 g/mol. The van der Waals surface area contributed by atoms with Crippen molar-refractivity contribution in [3.05, 3.63) is 118 Å². The number of rotatable bonds is 9. The number of nitrogens with zero attached hydrogens (tertiary/aromatic N) is 1. The molecule has 4 nitrogen and oxygen atoms in total. The van der Waals surface area contributed by atoms with Crippen molar-refractivity contribution in [1.82, 2.24) is 10.2 Å². The molecule has 0 fully saturated rings. The molecule has 6 heteroatoms. The minimum Gasteiger partial charge on any atom is -0.357 e. The molecule has 4 aromatic rings. The second kappa shape index (κ2) is 12.1. The number of carbonyl (C=O) groups is 2. The van der Waals surface area contributed by atoms with Gasteiger partial charge in [-0.05, 0) is 40.5 Å². The van der Waals surface area contributed by atoms with Crippen LogP contribution < -0.4 is 5.32 Å². The molecule has 0 aromatic heterocycles. The molecule has 0 saturated carbocycles. The monoisotopic (exact) mass is 518 g/mol. The van der Waals surface area contributed by atoms with E-state index < -0.39 is 6.04 Å². The highest BCUT2D eigenvalue weighted by Crippen LogP contribution is 2.28. The van der Waals surface area contributed by atoms with Gasteiger partial charge in [0.2, 0.25) is 11.8 Å². The van der Waals surface area contributed by atoms with Crippen LogP contribution in [0.4, 0.5) is 0 Å². The van der Waals surface area contributed by atoms with Gasteiger partial charge in [-0.2, -0.15) is 0 Å². The Bertz CT molecular complexity index is 1330. The Kier molecular flexibility index (Phi) is 8.63. The Labute approximate surface area is 221 Å². The molecule has 4 rings (SSSR count). The van der Waals surface area contributed by atoms with Crippen molar-refractivity contribution in [3.63, 3.8) is 0 Å². The summed E-state index contributed by atoms with van der Waals surface area (Å²) in [6.07, 6.45) is 1.18. The molecule has 4 aromatic carbocycles. The number of nitrogens with one attached hydrogen (secondary N) is 1. The SMILES string of the molecule is CNC(=O)[C@@H](Cc1ccccc1)N(Cc1c(Cl)cccc1Cl)C(=O)CCc1cccc2ccccc12. The van der Waals surface area contributed by atoms with Gasteiger partial charge in [-0.25, -0.2) is 0 Å². The molecule has 1 N–H and O–H groups in total. The largest absolute Gasteiger partial charge is 0.357 e. The van der Waals surface area contributed by atoms with Crippen LogP contribution in [0.2, 0.25) is 10.0 Å². The van der Waals surface area contributed by atoms with E-state index in [1.807, 2.05) is 54.6 Å². The van der Waals surface area contributed by atoms with Gasteiger partial charge < -0.3 is 10.2 Å². The molecule has 0 saturated heterocycles. The highest BCUT2D eigenvalue weighted by Gasteiger charge is 2.30. The van der Waals surface area contributed by atoms with Gasteiger partial charge in [0.1, 0.15) is 6.04 Å². The molecule has 0 unspecified atom stereocenters. The summed E-state index contributed by atoms with van der Waals surface area (Å²) in [6, 6.07) is 28.5. The molecule has 0 aliphatic heterocycles. The Hall–Kier alpha value is -3.34. The average Bonchev–Trinajstić information content (AvgIpc) is 2.90. The van der Waals surface area contributed by atoms with Crippen molar-refractivity contribution in [2.24, 2.45) is 0 Å². The van der Waals surface area contributed by atoms with Crippen molar-refractivity contribution >= 4 is 45.8 Å². The van der Waals surface area contributed by atoms with Crippen molar-refractivity contribution < 1.29 is 9.59 Å². The highest BCUT2D eigenvalue weighted by atomic mass is 35.5. The maximum absolute atomic E-state index is 13.8. The van der Waals surface area contributed by atoms with E-state index in [1.165, 1.54) is 0 Å². The first kappa shape index (κ1) is 25.7. The van der Waals surface area contributed by atoms with Crippen LogP contribution in [0.3, 0.4) is 0 Å². The third-order valence-corrected chi connectivity index (χ3v) is 7.10. The van der Waals surface area contributed by atoms with E-state index in [9.17, 15) is 9.59 Å². The van der Waals surface area contributed by atoms with Gasteiger partial charge in [0.15, 0.2) is 0 Å². The maximum Gasteiger partial charge on any atom is 0.242 e. The lowest BCUT2D eigenvalue weighted by Crippen LogP contribution is -2.49. The highest BCUT2D eigenvalue weighted by molar-refractivity contribution is 6.36. The van der Waals surface area contributed by atoms with Gasteiger partial charge in [0, 0.05) is 42.0 Å². The third kappa shape index (κ3) is 6.07. The Morgan fingerprint density at radius 3 is 2.19 bits per heavy atom. The number of likely N-dealkylation sites (N-methyl/N-ethyl adjacent to an activating group) is 1. The number of carbonyl (C=O) groups excluding carboxylic acids is 2. The Balaban J connectivity index is 1.66. The number of benzene rings is 4. The molecule has 0 spiro atoms. The zero-order valence-corrected chi connectivity index (χ0v) is 21.6. The second-order valence-corrected chi connectivity index (χ2v) is 9.49. The summed E-state index contributed by atoms with van der Waals surface area (Å²) in [7, 11) is 1.58. The van der Waals surface area contributed by atoms with E-state index in [4.69, 9.17) is 23.2 Å². The topological polar surface area (TPSA) is 49.4 Å². The fourth-order valence-electron chi connectivity index (χ4n) is 4.47. The van der Waals surface area contributed by atoms with Crippen LogP contribution in [0, 0.1) is 0 Å². The van der Waals surface area contributed by atoms with Gasteiger partial charge >= 0.3 is 0 Å². The summed E-state index contributed by atoms with van der Waals surface area (Å²) in [5.41, 5.74) is 2.68. The van der Waals surface area contributed by atoms with Crippen molar-refractivity contribution in [2.75, 3.05) is 7.05 Å². The summed E-state index contributed by atoms with van der Waals surface area (Å²) in [4.78, 5) is 28.5. The predicted molar refractivity (Wildman–Crippen MR) is 147 cm³/mol. The van der Waals surface area contributed by atoms with Crippen molar-refractivity contribution in [2.45, 2.75) is 31.8 Å². The van der Waals surface area contributed by atoms with E-state index in [1.54, 1.807) is 30.1 Å². The van der Waals surface area contributed by atoms with E-state index in [0.29, 0.717) is 28.5 Å². The first-order chi connectivity index (χ1) is 17.5. The summed E-state index contributed by atoms with van der Waals surface area (Å²) in [5, 5.41) is 5.92. The second-order valence-electron chi connectivity index (χ2n) is 8.68. The maximum atomic E-state index is 13.8. The fraction of sp³-hybridized carbons (Fsp3) is 0.200. The number of hydrogen-bond acceptors (Lipinski definition) is 2. The minimum atomic E-state index is -0.718. The number of fused-ring (bicyclic) bond motifs is 1. The van der Waals surface area contributed by atoms with Gasteiger partial charge in [-0.3, -0.25) is 9.59 Å². The van der Waals surface area contributed by atoms with Gasteiger partial charge in [-0.1, -0.05) is 102 Å². The summed E-state index contributed by atoms with van der Waals surface area (Å²) in [6.45, 7) is 0.137. The number of hydrogen-bond donors (Lipinski definition) is 1. The molecule has 0 heterocycles. The van der Waals surface area contributed by atoms with E-state index >= 15 is 0 Å². The minimum absolute atomic E-state index is 0.136. The number of aryl methyl sites for hydroxylation is 1. The van der Waals surface area contributed by atoms with Gasteiger partial charge in [0.25, 0.3) is 0 Å². The normalized spacial score (nSPS) is 11.8. The third-order valence-electron chi connectivity index (χ3n) is 6.40. The van der Waals surface area contributed by atoms with Crippen LogP contribution in [0.5, 0.6) is 0 Å². The molecule has 0 aliphatic rings. The van der Waals surface area contributed by atoms with Crippen molar-refractivity contribution in [1.29, 1.82) is 0 Å². The standard InChI is InChI=1S/C30H28Cl2N2O2/c1-33-30(36)28(19-21-9-3-2-4-10-21)34(20-25-26(31)15-8-16-27(25)32)29(35)18-17-23-13-7-12-22-11-5-6-14-24(22)23/h2-16,28H,17-20H2,1H3,(H,33,36)/t28-/m1/s1. The van der Waals surface area contributed by atoms with Crippen LogP contribution in [0.25, 0.3) is 10.8 Å². The number of halogens is 2. The van der Waals surface area contributed by atoms with E-state index in [0.717, 1.165) is 21.9 Å². The zero-order valence-electron chi connectivity index (χ0n) is 20.1. The molecule has 0 aliphatic carbocycles. The smallest absolute Gasteiger partial charge is 0.242 e. The molecule has 36 heavy (non-hydrogen) atoms. The van der Waals surface area contributed by atoms with E-state index in [2.05, 4.69) is 23.5 Å². The summed E-state index contributed by atoms with van der Waals surface area (Å²) >= 11 is 12.9. The van der Waals surface area contributed by atoms with Gasteiger partial charge in [0.05, 0.1) is 0 Å². The molecule has 1 atom stereocenters. The Morgan fingerprint density at radius 1 is 0.833 bits per heavy atom. The van der Waals surface area contributed by atoms with E-state index in [-0.39, 0.29) is 24.8 Å². The Morgan fingerprint density at radius 2 is 1.47 bits per heavy atom. The molecular formula is C30H28Cl2N2O2. The molecule has 0 bridgehead atoms. The number of amides is 2.